The number of carbonyl (C=O) groups is 1. The van der Waals surface area contributed by atoms with Gasteiger partial charge in [-0.25, -0.2) is 4.99 Å². The number of ether oxygens (including phenoxy) is 1. The minimum atomic E-state index is 0.00348. The van der Waals surface area contributed by atoms with E-state index in [-0.39, 0.29) is 12.5 Å². The highest BCUT2D eigenvalue weighted by atomic mass is 16.5. The fourth-order valence-electron chi connectivity index (χ4n) is 1.89. The van der Waals surface area contributed by atoms with Gasteiger partial charge in [-0.15, -0.1) is 0 Å². The largest absolute Gasteiger partial charge is 0.494 e. The van der Waals surface area contributed by atoms with Crippen LogP contribution in [0.25, 0.3) is 0 Å². The Morgan fingerprint density at radius 1 is 1.25 bits per heavy atom. The van der Waals surface area contributed by atoms with Crippen molar-refractivity contribution in [3.63, 3.8) is 0 Å². The molecule has 6 nitrogen and oxygen atoms in total. The van der Waals surface area contributed by atoms with Crippen LogP contribution in [0.2, 0.25) is 0 Å². The average molecular weight is 334 g/mol. The number of nitrogens with zero attached hydrogens (tertiary/aromatic N) is 2. The van der Waals surface area contributed by atoms with Gasteiger partial charge in [0.05, 0.1) is 19.7 Å². The molecule has 0 heterocycles. The van der Waals surface area contributed by atoms with E-state index in [0.29, 0.717) is 25.0 Å². The molecule has 6 heteroatoms. The number of guanidine groups is 1. The van der Waals surface area contributed by atoms with Crippen molar-refractivity contribution in [2.24, 2.45) is 10.9 Å². The van der Waals surface area contributed by atoms with Crippen molar-refractivity contribution >= 4 is 11.9 Å². The number of likely N-dealkylation sites (N-methyl/N-ethyl adjacent to an activating group) is 1. The zero-order chi connectivity index (χ0) is 17.9. The van der Waals surface area contributed by atoms with E-state index in [0.717, 1.165) is 17.9 Å². The Labute approximate surface area is 145 Å². The Morgan fingerprint density at radius 2 is 1.96 bits per heavy atom. The molecule has 24 heavy (non-hydrogen) atoms. The van der Waals surface area contributed by atoms with Gasteiger partial charge in [0.1, 0.15) is 5.75 Å². The predicted molar refractivity (Wildman–Crippen MR) is 98.3 cm³/mol. The summed E-state index contributed by atoms with van der Waals surface area (Å²) in [5.41, 5.74) is 1.02. The fourth-order valence-corrected chi connectivity index (χ4v) is 1.89. The first kappa shape index (κ1) is 19.8. The molecule has 0 aliphatic rings. The molecule has 0 atom stereocenters. The van der Waals surface area contributed by atoms with Crippen LogP contribution < -0.4 is 15.4 Å². The molecule has 1 rings (SSSR count). The standard InChI is InChI=1S/C18H30N4O2/c1-6-24-16-10-8-7-9-15(16)12-20-18(19-11-14(2)3)21-13-17(23)22(4)5/h7-10,14H,6,11-13H2,1-5H3,(H2,19,20,21). The lowest BCUT2D eigenvalue weighted by atomic mass is 10.2. The van der Waals surface area contributed by atoms with E-state index in [1.165, 1.54) is 0 Å². The highest BCUT2D eigenvalue weighted by Crippen LogP contribution is 2.18. The molecule has 0 aliphatic carbocycles. The summed E-state index contributed by atoms with van der Waals surface area (Å²) in [5.74, 6) is 1.96. The van der Waals surface area contributed by atoms with E-state index >= 15 is 0 Å². The molecule has 134 valence electrons. The molecule has 1 aromatic carbocycles. The third-order valence-electron chi connectivity index (χ3n) is 3.26. The predicted octanol–water partition coefficient (Wildman–Crippen LogP) is 1.86. The number of rotatable bonds is 8. The van der Waals surface area contributed by atoms with E-state index in [4.69, 9.17) is 4.74 Å². The second-order valence-electron chi connectivity index (χ2n) is 6.12. The maximum absolute atomic E-state index is 11.8. The minimum Gasteiger partial charge on any atom is -0.494 e. The molecule has 1 amide bonds. The zero-order valence-corrected chi connectivity index (χ0v) is 15.4. The molecule has 0 saturated heterocycles. The molecule has 0 saturated carbocycles. The number of amides is 1. The monoisotopic (exact) mass is 334 g/mol. The second-order valence-corrected chi connectivity index (χ2v) is 6.12. The van der Waals surface area contributed by atoms with Gasteiger partial charge in [0.25, 0.3) is 0 Å². The molecule has 0 aliphatic heterocycles. The lowest BCUT2D eigenvalue weighted by molar-refractivity contribution is -0.127. The van der Waals surface area contributed by atoms with Crippen LogP contribution >= 0.6 is 0 Å². The molecular weight excluding hydrogens is 304 g/mol. The van der Waals surface area contributed by atoms with Crippen LogP contribution in [0.5, 0.6) is 5.75 Å². The summed E-state index contributed by atoms with van der Waals surface area (Å²) in [7, 11) is 3.47. The zero-order valence-electron chi connectivity index (χ0n) is 15.4. The topological polar surface area (TPSA) is 66.0 Å². The van der Waals surface area contributed by atoms with Gasteiger partial charge in [0, 0.05) is 26.2 Å². The van der Waals surface area contributed by atoms with Gasteiger partial charge >= 0.3 is 0 Å². The van der Waals surface area contributed by atoms with Gasteiger partial charge < -0.3 is 20.3 Å². The van der Waals surface area contributed by atoms with Gasteiger partial charge in [-0.2, -0.15) is 0 Å². The molecule has 0 aromatic heterocycles. The Morgan fingerprint density at radius 3 is 2.58 bits per heavy atom. The first-order chi connectivity index (χ1) is 11.4. The number of hydrogen-bond acceptors (Lipinski definition) is 3. The van der Waals surface area contributed by atoms with Crippen LogP contribution in [-0.4, -0.2) is 50.6 Å². The fraction of sp³-hybridized carbons (Fsp3) is 0.556. The van der Waals surface area contributed by atoms with E-state index in [1.807, 2.05) is 31.2 Å². The maximum atomic E-state index is 11.8. The lowest BCUT2D eigenvalue weighted by Gasteiger charge is -2.16. The first-order valence-electron chi connectivity index (χ1n) is 8.37. The van der Waals surface area contributed by atoms with Crippen molar-refractivity contribution in [1.29, 1.82) is 0 Å². The lowest BCUT2D eigenvalue weighted by Crippen LogP contribution is -2.44. The molecule has 0 spiro atoms. The molecule has 0 unspecified atom stereocenters. The van der Waals surface area contributed by atoms with Gasteiger partial charge in [-0.3, -0.25) is 4.79 Å². The highest BCUT2D eigenvalue weighted by Gasteiger charge is 2.07. The van der Waals surface area contributed by atoms with Crippen LogP contribution in [0.4, 0.5) is 0 Å². The van der Waals surface area contributed by atoms with E-state index < -0.39 is 0 Å². The third-order valence-corrected chi connectivity index (χ3v) is 3.26. The summed E-state index contributed by atoms with van der Waals surface area (Å²) < 4.78 is 5.63. The maximum Gasteiger partial charge on any atom is 0.241 e. The van der Waals surface area contributed by atoms with Crippen molar-refractivity contribution < 1.29 is 9.53 Å². The smallest absolute Gasteiger partial charge is 0.241 e. The summed E-state index contributed by atoms with van der Waals surface area (Å²) in [4.78, 5) is 17.9. The number of aliphatic imine (C=N–C) groups is 1. The second kappa shape index (κ2) is 10.5. The molecule has 1 aromatic rings. The van der Waals surface area contributed by atoms with Crippen molar-refractivity contribution in [2.45, 2.75) is 27.3 Å². The van der Waals surface area contributed by atoms with Gasteiger partial charge in [0.15, 0.2) is 5.96 Å². The Balaban J connectivity index is 2.77. The van der Waals surface area contributed by atoms with Crippen LogP contribution in [0.15, 0.2) is 29.3 Å². The minimum absolute atomic E-state index is 0.00348. The van der Waals surface area contributed by atoms with E-state index in [1.54, 1.807) is 19.0 Å². The van der Waals surface area contributed by atoms with Gasteiger partial charge in [-0.05, 0) is 18.9 Å². The molecule has 0 bridgehead atoms. The quantitative estimate of drug-likeness (QED) is 0.563. The number of para-hydroxylation sites is 1. The summed E-state index contributed by atoms with van der Waals surface area (Å²) in [6.07, 6.45) is 0. The highest BCUT2D eigenvalue weighted by molar-refractivity contribution is 5.86. The Bertz CT molecular complexity index is 542. The van der Waals surface area contributed by atoms with Crippen molar-refractivity contribution in [1.82, 2.24) is 15.5 Å². The third kappa shape index (κ3) is 7.35. The van der Waals surface area contributed by atoms with Crippen LogP contribution in [0.3, 0.4) is 0 Å². The number of hydrogen-bond donors (Lipinski definition) is 2. The SMILES string of the molecule is CCOc1ccccc1CN=C(NCC(=O)N(C)C)NCC(C)C. The van der Waals surface area contributed by atoms with Gasteiger partial charge in [0.2, 0.25) is 5.91 Å². The number of carbonyl (C=O) groups excluding carboxylic acids is 1. The van der Waals surface area contributed by atoms with Crippen molar-refractivity contribution in [2.75, 3.05) is 33.8 Å². The Hall–Kier alpha value is -2.24. The number of nitrogens with one attached hydrogen (secondary N) is 2. The summed E-state index contributed by atoms with van der Waals surface area (Å²) in [6, 6.07) is 7.86. The van der Waals surface area contributed by atoms with Gasteiger partial charge in [-0.1, -0.05) is 32.0 Å². The first-order valence-corrected chi connectivity index (χ1v) is 8.37. The molecule has 2 N–H and O–H groups in total. The average Bonchev–Trinajstić information content (AvgIpc) is 2.55. The summed E-state index contributed by atoms with van der Waals surface area (Å²) in [5, 5.41) is 6.35. The summed E-state index contributed by atoms with van der Waals surface area (Å²) in [6.45, 7) is 8.32. The molecule has 0 fully saturated rings. The molecular formula is C18H30N4O2. The Kier molecular flexibility index (Phi) is 8.68. The van der Waals surface area contributed by atoms with Crippen molar-refractivity contribution in [3.8, 4) is 5.75 Å². The van der Waals surface area contributed by atoms with Crippen molar-refractivity contribution in [3.05, 3.63) is 29.8 Å². The van der Waals surface area contributed by atoms with Crippen LogP contribution in [-0.2, 0) is 11.3 Å². The van der Waals surface area contributed by atoms with E-state index in [9.17, 15) is 4.79 Å². The van der Waals surface area contributed by atoms with Crippen LogP contribution in [0, 0.1) is 5.92 Å². The summed E-state index contributed by atoms with van der Waals surface area (Å²) >= 11 is 0. The van der Waals surface area contributed by atoms with E-state index in [2.05, 4.69) is 29.5 Å². The normalized spacial score (nSPS) is 11.3. The van der Waals surface area contributed by atoms with Crippen LogP contribution in [0.1, 0.15) is 26.3 Å². The molecule has 0 radical (unpaired) electrons. The number of benzene rings is 1.